The van der Waals surface area contributed by atoms with Gasteiger partial charge >= 0.3 is 0 Å². The van der Waals surface area contributed by atoms with Crippen molar-refractivity contribution in [3.05, 3.63) is 76.3 Å². The van der Waals surface area contributed by atoms with E-state index in [0.29, 0.717) is 16.5 Å². The normalized spacial score (nSPS) is 15.0. The highest BCUT2D eigenvalue weighted by molar-refractivity contribution is 6.00. The second-order valence-corrected chi connectivity index (χ2v) is 6.91. The number of piperidine rings is 1. The number of hydrogen-bond acceptors (Lipinski definition) is 4. The molecule has 4 rings (SSSR count). The number of rotatable bonds is 4. The lowest BCUT2D eigenvalue weighted by atomic mass is 10.1. The molecule has 2 aromatic carbocycles. The van der Waals surface area contributed by atoms with Crippen molar-refractivity contribution in [2.45, 2.75) is 25.8 Å². The Morgan fingerprint density at radius 1 is 1.00 bits per heavy atom. The Labute approximate surface area is 157 Å². The van der Waals surface area contributed by atoms with Crippen molar-refractivity contribution in [1.82, 2.24) is 14.6 Å². The molecule has 1 amide bonds. The van der Waals surface area contributed by atoms with Crippen molar-refractivity contribution in [2.75, 3.05) is 18.5 Å². The molecule has 0 aliphatic carbocycles. The number of carbonyl (C=O) groups is 1. The highest BCUT2D eigenvalue weighted by atomic mass is 16.2. The van der Waals surface area contributed by atoms with E-state index >= 15 is 0 Å². The van der Waals surface area contributed by atoms with E-state index in [4.69, 9.17) is 0 Å². The third-order valence-corrected chi connectivity index (χ3v) is 4.96. The third kappa shape index (κ3) is 3.90. The molecule has 0 atom stereocenters. The van der Waals surface area contributed by atoms with Gasteiger partial charge in [-0.25, -0.2) is 9.66 Å². The van der Waals surface area contributed by atoms with E-state index in [1.165, 1.54) is 31.2 Å². The van der Waals surface area contributed by atoms with Gasteiger partial charge in [0.1, 0.15) is 6.33 Å². The summed E-state index contributed by atoms with van der Waals surface area (Å²) in [5.41, 5.74) is 4.63. The molecule has 6 nitrogen and oxygen atoms in total. The second kappa shape index (κ2) is 7.72. The smallest absolute Gasteiger partial charge is 0.280 e. The topological polar surface area (TPSA) is 67.2 Å². The van der Waals surface area contributed by atoms with E-state index in [1.807, 2.05) is 18.2 Å². The maximum atomic E-state index is 12.5. The zero-order chi connectivity index (χ0) is 18.6. The van der Waals surface area contributed by atoms with E-state index < -0.39 is 0 Å². The number of hydrogen-bond donors (Lipinski definition) is 1. The van der Waals surface area contributed by atoms with Crippen LogP contribution in [0, 0.1) is 0 Å². The Bertz CT molecular complexity index is 1000. The van der Waals surface area contributed by atoms with Gasteiger partial charge in [0, 0.05) is 12.1 Å². The lowest BCUT2D eigenvalue weighted by Crippen LogP contribution is -2.33. The standard InChI is InChI=1S/C21H22N4O2/c26-20(23-25-15-22-19-7-3-2-6-18(19)21(25)27)17-10-8-16(9-11-17)14-24-12-4-1-5-13-24/h2-3,6-11,15H,1,4-5,12-14H2,(H,23,26). The largest absolute Gasteiger partial charge is 0.299 e. The van der Waals surface area contributed by atoms with Gasteiger partial charge in [0.2, 0.25) is 0 Å². The fraction of sp³-hybridized carbons (Fsp3) is 0.286. The van der Waals surface area contributed by atoms with Gasteiger partial charge in [-0.2, -0.15) is 0 Å². The van der Waals surface area contributed by atoms with Crippen LogP contribution in [0.25, 0.3) is 10.9 Å². The van der Waals surface area contributed by atoms with Gasteiger partial charge in [-0.05, 0) is 55.8 Å². The van der Waals surface area contributed by atoms with Crippen LogP contribution in [0.4, 0.5) is 0 Å². The molecule has 0 bridgehead atoms. The highest BCUT2D eigenvalue weighted by Crippen LogP contribution is 2.14. The number of carbonyl (C=O) groups excluding carboxylic acids is 1. The van der Waals surface area contributed by atoms with E-state index in [9.17, 15) is 9.59 Å². The fourth-order valence-electron chi connectivity index (χ4n) is 3.46. The summed E-state index contributed by atoms with van der Waals surface area (Å²) in [6.07, 6.45) is 5.18. The Hall–Kier alpha value is -2.99. The average molecular weight is 362 g/mol. The summed E-state index contributed by atoms with van der Waals surface area (Å²) in [5, 5.41) is 0.470. The maximum absolute atomic E-state index is 12.5. The van der Waals surface area contributed by atoms with Gasteiger partial charge in [0.25, 0.3) is 11.5 Å². The monoisotopic (exact) mass is 362 g/mol. The molecule has 1 saturated heterocycles. The van der Waals surface area contributed by atoms with Gasteiger partial charge in [-0.3, -0.25) is 19.9 Å². The third-order valence-electron chi connectivity index (χ3n) is 4.96. The Balaban J connectivity index is 1.47. The van der Waals surface area contributed by atoms with Crippen molar-refractivity contribution in [3.8, 4) is 0 Å². The zero-order valence-corrected chi connectivity index (χ0v) is 15.1. The van der Waals surface area contributed by atoms with Gasteiger partial charge in [-0.1, -0.05) is 30.7 Å². The molecule has 0 unspecified atom stereocenters. The number of fused-ring (bicyclic) bond motifs is 1. The number of likely N-dealkylation sites (tertiary alicyclic amines) is 1. The van der Waals surface area contributed by atoms with Crippen LogP contribution >= 0.6 is 0 Å². The summed E-state index contributed by atoms with van der Waals surface area (Å²) in [7, 11) is 0. The first-order chi connectivity index (χ1) is 13.2. The first-order valence-corrected chi connectivity index (χ1v) is 9.30. The molecule has 6 heteroatoms. The van der Waals surface area contributed by atoms with Crippen molar-refractivity contribution in [3.63, 3.8) is 0 Å². The summed E-state index contributed by atoms with van der Waals surface area (Å²) in [6, 6.07) is 14.6. The molecular formula is C21H22N4O2. The summed E-state index contributed by atoms with van der Waals surface area (Å²) in [4.78, 5) is 31.6. The highest BCUT2D eigenvalue weighted by Gasteiger charge is 2.12. The minimum Gasteiger partial charge on any atom is -0.299 e. The molecule has 1 N–H and O–H groups in total. The molecule has 0 radical (unpaired) electrons. The van der Waals surface area contributed by atoms with Crippen LogP contribution in [0.15, 0.2) is 59.7 Å². The molecule has 1 aliphatic heterocycles. The van der Waals surface area contributed by atoms with Crippen LogP contribution in [0.2, 0.25) is 0 Å². The molecule has 1 aliphatic rings. The molecule has 27 heavy (non-hydrogen) atoms. The number of aromatic nitrogens is 2. The molecule has 1 fully saturated rings. The Morgan fingerprint density at radius 2 is 1.74 bits per heavy atom. The number of nitrogens with one attached hydrogen (secondary N) is 1. The van der Waals surface area contributed by atoms with E-state index in [1.54, 1.807) is 30.3 Å². The Morgan fingerprint density at radius 3 is 2.52 bits per heavy atom. The molecule has 138 valence electrons. The molecule has 2 heterocycles. The fourth-order valence-corrected chi connectivity index (χ4v) is 3.46. The quantitative estimate of drug-likeness (QED) is 0.775. The van der Waals surface area contributed by atoms with Crippen LogP contribution in [-0.2, 0) is 6.54 Å². The summed E-state index contributed by atoms with van der Waals surface area (Å²) >= 11 is 0. The number of para-hydroxylation sites is 1. The van der Waals surface area contributed by atoms with Crippen LogP contribution in [-0.4, -0.2) is 33.6 Å². The number of nitrogens with zero attached hydrogens (tertiary/aromatic N) is 3. The van der Waals surface area contributed by atoms with E-state index in [0.717, 1.165) is 24.3 Å². The van der Waals surface area contributed by atoms with E-state index in [-0.39, 0.29) is 11.5 Å². The molecule has 0 spiro atoms. The van der Waals surface area contributed by atoms with E-state index in [2.05, 4.69) is 15.3 Å². The van der Waals surface area contributed by atoms with Crippen molar-refractivity contribution in [2.24, 2.45) is 0 Å². The second-order valence-electron chi connectivity index (χ2n) is 6.91. The van der Waals surface area contributed by atoms with Gasteiger partial charge in [-0.15, -0.1) is 0 Å². The summed E-state index contributed by atoms with van der Waals surface area (Å²) < 4.78 is 1.13. The SMILES string of the molecule is O=C(Nn1cnc2ccccc2c1=O)c1ccc(CN2CCCCC2)cc1. The first kappa shape index (κ1) is 17.4. The molecule has 1 aromatic heterocycles. The molecular weight excluding hydrogens is 340 g/mol. The predicted octanol–water partition coefficient (Wildman–Crippen LogP) is 2.77. The Kier molecular flexibility index (Phi) is 4.98. The summed E-state index contributed by atoms with van der Waals surface area (Å²) in [5.74, 6) is -0.335. The van der Waals surface area contributed by atoms with Gasteiger partial charge < -0.3 is 0 Å². The van der Waals surface area contributed by atoms with Gasteiger partial charge in [0.15, 0.2) is 0 Å². The summed E-state index contributed by atoms with van der Waals surface area (Å²) in [6.45, 7) is 3.19. The van der Waals surface area contributed by atoms with Crippen LogP contribution in [0.1, 0.15) is 35.2 Å². The zero-order valence-electron chi connectivity index (χ0n) is 15.1. The van der Waals surface area contributed by atoms with Crippen molar-refractivity contribution in [1.29, 1.82) is 0 Å². The first-order valence-electron chi connectivity index (χ1n) is 9.30. The lowest BCUT2D eigenvalue weighted by molar-refractivity contribution is 0.101. The average Bonchev–Trinajstić information content (AvgIpc) is 2.71. The predicted molar refractivity (Wildman–Crippen MR) is 105 cm³/mol. The van der Waals surface area contributed by atoms with Crippen LogP contribution in [0.5, 0.6) is 0 Å². The van der Waals surface area contributed by atoms with Crippen molar-refractivity contribution >= 4 is 16.8 Å². The van der Waals surface area contributed by atoms with Gasteiger partial charge in [0.05, 0.1) is 10.9 Å². The lowest BCUT2D eigenvalue weighted by Gasteiger charge is -2.26. The van der Waals surface area contributed by atoms with Crippen molar-refractivity contribution < 1.29 is 4.79 Å². The van der Waals surface area contributed by atoms with Crippen LogP contribution in [0.3, 0.4) is 0 Å². The van der Waals surface area contributed by atoms with Crippen LogP contribution < -0.4 is 11.0 Å². The minimum atomic E-state index is -0.335. The maximum Gasteiger partial charge on any atom is 0.280 e. The minimum absolute atomic E-state index is 0.296. The number of amides is 1. The molecule has 0 saturated carbocycles. The molecule has 3 aromatic rings. The number of benzene rings is 2.